The van der Waals surface area contributed by atoms with Crippen LogP contribution in [-0.4, -0.2) is 62.8 Å². The van der Waals surface area contributed by atoms with Gasteiger partial charge >= 0.3 is 6.09 Å². The van der Waals surface area contributed by atoms with E-state index in [0.29, 0.717) is 32.0 Å². The molecule has 5 aromatic rings. The minimum atomic E-state index is -0.937. The van der Waals surface area contributed by atoms with Gasteiger partial charge in [0.05, 0.1) is 41.6 Å². The summed E-state index contributed by atoms with van der Waals surface area (Å²) in [6.07, 6.45) is 3.81. The summed E-state index contributed by atoms with van der Waals surface area (Å²) in [6.45, 7) is 2.47. The first-order valence-corrected chi connectivity index (χ1v) is 14.6. The van der Waals surface area contributed by atoms with Gasteiger partial charge in [0.25, 0.3) is 0 Å². The number of carbonyl (C=O) groups is 1. The number of nitrogens with zero attached hydrogens (tertiary/aromatic N) is 3. The fraction of sp³-hybridized carbons (Fsp3) is 0.344. The predicted molar refractivity (Wildman–Crippen MR) is 158 cm³/mol. The Morgan fingerprint density at radius 3 is 2.90 bits per heavy atom. The second kappa shape index (κ2) is 9.85. The molecule has 3 atom stereocenters. The molecular weight excluding hydrogens is 532 g/mol. The number of imidazole rings is 2. The van der Waals surface area contributed by atoms with Gasteiger partial charge in [-0.1, -0.05) is 18.2 Å². The number of carboxylic acid groups (broad SMARTS) is 1. The fourth-order valence-corrected chi connectivity index (χ4v) is 6.96. The number of likely N-dealkylation sites (tertiary alicyclic amines) is 1. The zero-order valence-electron chi connectivity index (χ0n) is 23.3. The molecule has 10 heteroatoms. The van der Waals surface area contributed by atoms with Crippen LogP contribution in [0.4, 0.5) is 4.79 Å². The molecule has 0 saturated carbocycles. The summed E-state index contributed by atoms with van der Waals surface area (Å²) in [5.74, 6) is 2.68. The van der Waals surface area contributed by atoms with Crippen LogP contribution in [0.25, 0.3) is 44.2 Å². The van der Waals surface area contributed by atoms with Crippen LogP contribution >= 0.6 is 0 Å². The molecule has 5 heterocycles. The molecule has 2 saturated heterocycles. The minimum Gasteiger partial charge on any atom is -0.488 e. The highest BCUT2D eigenvalue weighted by Gasteiger charge is 2.38. The average Bonchev–Trinajstić information content (AvgIpc) is 3.81. The van der Waals surface area contributed by atoms with Crippen molar-refractivity contribution in [1.82, 2.24) is 30.2 Å². The molecule has 2 fully saturated rings. The quantitative estimate of drug-likeness (QED) is 0.213. The molecular formula is C32H32N6O4. The molecule has 0 spiro atoms. The van der Waals surface area contributed by atoms with Crippen LogP contribution in [0.2, 0.25) is 0 Å². The van der Waals surface area contributed by atoms with Gasteiger partial charge in [-0.2, -0.15) is 0 Å². The summed E-state index contributed by atoms with van der Waals surface area (Å²) in [5.41, 5.74) is 7.18. The molecule has 8 rings (SSSR count). The van der Waals surface area contributed by atoms with Gasteiger partial charge in [0.1, 0.15) is 24.0 Å². The van der Waals surface area contributed by atoms with Gasteiger partial charge in [-0.15, -0.1) is 0 Å². The summed E-state index contributed by atoms with van der Waals surface area (Å²) in [6, 6.07) is 14.9. The average molecular weight is 565 g/mol. The number of aromatic amines is 2. The highest BCUT2D eigenvalue weighted by Crippen LogP contribution is 2.43. The van der Waals surface area contributed by atoms with E-state index in [1.807, 2.05) is 0 Å². The standard InChI is InChI=1S/C32H32N6O4/c1-41-15-17-9-27(38(14-17)32(39)40)31-34-13-26(36-31)19-4-6-21-20(10-19)16-42-28-12-22-18(11-23(21)28)5-7-24-29(22)37-30(35-24)25-3-2-8-33-25/h4-7,10-13,17,25,27,33H,2-3,8-9,14-16H2,1H3,(H,34,36)(H,35,37)(H,39,40)/t17-,25-,27-/m0/s1. The fourth-order valence-electron chi connectivity index (χ4n) is 6.96. The number of ether oxygens (including phenoxy) is 2. The molecule has 10 nitrogen and oxygen atoms in total. The first kappa shape index (κ1) is 25.3. The molecule has 2 aromatic heterocycles. The normalized spacial score (nSPS) is 21.5. The van der Waals surface area contributed by atoms with E-state index in [2.05, 4.69) is 62.7 Å². The maximum Gasteiger partial charge on any atom is 0.407 e. The summed E-state index contributed by atoms with van der Waals surface area (Å²) in [7, 11) is 1.65. The zero-order chi connectivity index (χ0) is 28.4. The van der Waals surface area contributed by atoms with Crippen LogP contribution in [0, 0.1) is 5.92 Å². The monoisotopic (exact) mass is 564 g/mol. The van der Waals surface area contributed by atoms with E-state index in [1.165, 1.54) is 11.3 Å². The third-order valence-electron chi connectivity index (χ3n) is 9.01. The largest absolute Gasteiger partial charge is 0.488 e. The Hall–Kier alpha value is -4.41. The molecule has 0 radical (unpaired) electrons. The maximum atomic E-state index is 11.9. The third-order valence-corrected chi connectivity index (χ3v) is 9.01. The van der Waals surface area contributed by atoms with E-state index in [9.17, 15) is 9.90 Å². The van der Waals surface area contributed by atoms with Crippen molar-refractivity contribution in [2.75, 3.05) is 26.8 Å². The number of H-pyrrole nitrogens is 2. The second-order valence-corrected chi connectivity index (χ2v) is 11.7. The van der Waals surface area contributed by atoms with E-state index < -0.39 is 6.09 Å². The summed E-state index contributed by atoms with van der Waals surface area (Å²) >= 11 is 0. The predicted octanol–water partition coefficient (Wildman–Crippen LogP) is 5.78. The zero-order valence-corrected chi connectivity index (χ0v) is 23.3. The van der Waals surface area contributed by atoms with Crippen molar-refractivity contribution in [3.8, 4) is 28.1 Å². The van der Waals surface area contributed by atoms with Crippen LogP contribution in [0.5, 0.6) is 5.75 Å². The number of hydrogen-bond acceptors (Lipinski definition) is 6. The van der Waals surface area contributed by atoms with Crippen LogP contribution in [-0.2, 0) is 11.3 Å². The van der Waals surface area contributed by atoms with Crippen LogP contribution in [0.15, 0.2) is 48.7 Å². The van der Waals surface area contributed by atoms with Gasteiger partial charge < -0.3 is 29.9 Å². The van der Waals surface area contributed by atoms with E-state index >= 15 is 0 Å². The highest BCUT2D eigenvalue weighted by molar-refractivity contribution is 6.07. The number of aromatic nitrogens is 4. The lowest BCUT2D eigenvalue weighted by molar-refractivity contribution is 0.131. The third kappa shape index (κ3) is 4.13. The van der Waals surface area contributed by atoms with Gasteiger partial charge in [-0.3, -0.25) is 4.90 Å². The SMILES string of the molecule is COC[C@H]1C[C@@H](c2ncc(-c3ccc4c(c3)COc3cc5c(ccc6[nH]c([C@@H]7CCCN7)nc65)cc3-4)[nH]2)N(C(=O)O)C1. The number of benzene rings is 3. The van der Waals surface area contributed by atoms with E-state index in [4.69, 9.17) is 14.5 Å². The highest BCUT2D eigenvalue weighted by atomic mass is 16.5. The van der Waals surface area contributed by atoms with Crippen molar-refractivity contribution in [2.45, 2.75) is 38.0 Å². The number of rotatable bonds is 5. The molecule has 0 bridgehead atoms. The number of hydrogen-bond donors (Lipinski definition) is 4. The lowest BCUT2D eigenvalue weighted by Crippen LogP contribution is -2.30. The van der Waals surface area contributed by atoms with Gasteiger partial charge in [0.15, 0.2) is 0 Å². The van der Waals surface area contributed by atoms with Crippen molar-refractivity contribution in [2.24, 2.45) is 5.92 Å². The van der Waals surface area contributed by atoms with Crippen molar-refractivity contribution < 1.29 is 19.4 Å². The van der Waals surface area contributed by atoms with Crippen LogP contribution in [0.1, 0.15) is 48.6 Å². The smallest absolute Gasteiger partial charge is 0.407 e. The number of fused-ring (bicyclic) bond motifs is 6. The topological polar surface area (TPSA) is 128 Å². The summed E-state index contributed by atoms with van der Waals surface area (Å²) < 4.78 is 11.6. The maximum absolute atomic E-state index is 11.9. The first-order chi connectivity index (χ1) is 20.6. The van der Waals surface area contributed by atoms with Crippen molar-refractivity contribution in [1.29, 1.82) is 0 Å². The summed E-state index contributed by atoms with van der Waals surface area (Å²) in [4.78, 5) is 29.9. The Labute approximate surface area is 242 Å². The number of nitrogens with one attached hydrogen (secondary N) is 3. The molecule has 3 aliphatic heterocycles. The molecule has 4 N–H and O–H groups in total. The van der Waals surface area contributed by atoms with Crippen molar-refractivity contribution in [3.05, 3.63) is 65.9 Å². The van der Waals surface area contributed by atoms with Crippen LogP contribution < -0.4 is 10.1 Å². The molecule has 42 heavy (non-hydrogen) atoms. The van der Waals surface area contributed by atoms with Crippen molar-refractivity contribution in [3.63, 3.8) is 0 Å². The van der Waals surface area contributed by atoms with E-state index in [1.54, 1.807) is 13.3 Å². The van der Waals surface area contributed by atoms with Crippen molar-refractivity contribution >= 4 is 27.9 Å². The molecule has 0 aliphatic carbocycles. The van der Waals surface area contributed by atoms with Gasteiger partial charge in [-0.05, 0) is 72.1 Å². The van der Waals surface area contributed by atoms with E-state index in [0.717, 1.165) is 74.3 Å². The number of amides is 1. The Morgan fingerprint density at radius 1 is 1.14 bits per heavy atom. The second-order valence-electron chi connectivity index (χ2n) is 11.7. The molecule has 3 aliphatic rings. The summed E-state index contributed by atoms with van der Waals surface area (Å²) in [5, 5.41) is 15.5. The molecule has 0 unspecified atom stereocenters. The van der Waals surface area contributed by atoms with Gasteiger partial charge in [0.2, 0.25) is 0 Å². The minimum absolute atomic E-state index is 0.150. The lowest BCUT2D eigenvalue weighted by Gasteiger charge is -2.22. The molecule has 3 aromatic carbocycles. The molecule has 214 valence electrons. The first-order valence-electron chi connectivity index (χ1n) is 14.6. The Morgan fingerprint density at radius 2 is 2.07 bits per heavy atom. The number of methoxy groups -OCH3 is 1. The lowest BCUT2D eigenvalue weighted by atomic mass is 9.92. The van der Waals surface area contributed by atoms with Crippen LogP contribution in [0.3, 0.4) is 0 Å². The Balaban J connectivity index is 1.10. The van der Waals surface area contributed by atoms with E-state index in [-0.39, 0.29) is 18.0 Å². The van der Waals surface area contributed by atoms with Gasteiger partial charge in [-0.25, -0.2) is 14.8 Å². The Kier molecular flexibility index (Phi) is 5.94. The molecule has 1 amide bonds. The van der Waals surface area contributed by atoms with Gasteiger partial charge in [0, 0.05) is 30.5 Å². The Bertz CT molecular complexity index is 1840.